The lowest BCUT2D eigenvalue weighted by atomic mass is 10.0. The fourth-order valence-corrected chi connectivity index (χ4v) is 8.75. The number of rotatable bonds is 5. The molecule has 0 N–H and O–H groups in total. The summed E-state index contributed by atoms with van der Waals surface area (Å²) in [7, 11) is 0. The number of benzene rings is 8. The van der Waals surface area contributed by atoms with Crippen molar-refractivity contribution in [3.63, 3.8) is 0 Å². The van der Waals surface area contributed by atoms with Crippen molar-refractivity contribution in [2.24, 2.45) is 0 Å². The zero-order valence-corrected chi connectivity index (χ0v) is 30.7. The minimum absolute atomic E-state index is 0.644. The Bertz CT molecular complexity index is 3430. The Hall–Kier alpha value is -7.76. The molecular formula is C52H32N4O. The van der Waals surface area contributed by atoms with Crippen molar-refractivity contribution in [1.82, 2.24) is 19.1 Å². The molecule has 12 rings (SSSR count). The normalized spacial score (nSPS) is 11.9. The number of aromatic nitrogens is 4. The van der Waals surface area contributed by atoms with E-state index in [1.165, 1.54) is 32.6 Å². The van der Waals surface area contributed by atoms with Crippen molar-refractivity contribution in [3.05, 3.63) is 194 Å². The zero-order chi connectivity index (χ0) is 37.5. The fraction of sp³-hybridized carbons (Fsp3) is 0. The minimum atomic E-state index is 0.644. The summed E-state index contributed by atoms with van der Waals surface area (Å²) in [5.74, 6) is 0.644. The summed E-state index contributed by atoms with van der Waals surface area (Å²) < 4.78 is 11.3. The van der Waals surface area contributed by atoms with E-state index in [9.17, 15) is 0 Å². The molecule has 12 aromatic rings. The number of fused-ring (bicyclic) bond motifs is 9. The van der Waals surface area contributed by atoms with Crippen LogP contribution in [0.3, 0.4) is 0 Å². The van der Waals surface area contributed by atoms with Gasteiger partial charge in [0.05, 0.1) is 22.1 Å². The highest BCUT2D eigenvalue weighted by atomic mass is 16.3. The topological polar surface area (TPSA) is 48.8 Å². The second-order valence-electron chi connectivity index (χ2n) is 14.6. The first-order valence-electron chi connectivity index (χ1n) is 19.2. The van der Waals surface area contributed by atoms with Crippen LogP contribution in [-0.2, 0) is 0 Å². The molecule has 0 unspecified atom stereocenters. The Kier molecular flexibility index (Phi) is 6.86. The molecular weight excluding hydrogens is 697 g/mol. The fourth-order valence-electron chi connectivity index (χ4n) is 8.75. The van der Waals surface area contributed by atoms with Gasteiger partial charge < -0.3 is 13.6 Å². The van der Waals surface area contributed by atoms with E-state index >= 15 is 0 Å². The summed E-state index contributed by atoms with van der Waals surface area (Å²) in [6.45, 7) is 0. The van der Waals surface area contributed by atoms with Crippen LogP contribution in [0.4, 0.5) is 0 Å². The van der Waals surface area contributed by atoms with Crippen LogP contribution in [-0.4, -0.2) is 19.1 Å². The lowest BCUT2D eigenvalue weighted by Gasteiger charge is -2.11. The minimum Gasteiger partial charge on any atom is -0.452 e. The molecule has 0 radical (unpaired) electrons. The zero-order valence-electron chi connectivity index (χ0n) is 30.7. The van der Waals surface area contributed by atoms with Gasteiger partial charge in [0.1, 0.15) is 16.8 Å². The number of furan rings is 1. The molecule has 0 saturated carbocycles. The van der Waals surface area contributed by atoms with Crippen molar-refractivity contribution >= 4 is 65.7 Å². The standard InChI is InChI=1S/C52H32N4O/c1-2-14-33(15-3-1)49-51-50(54-52(53-49)36-17-13-19-38(31-36)56-46-26-10-6-22-41(46)42-23-7-11-27-47(42)56)43-32-35(28-29-48(43)57-51)34-16-12-18-37(30-34)55-44-24-8-4-20-39(44)40-21-5-9-25-45(40)55/h1-32H. The Morgan fingerprint density at radius 1 is 0.351 bits per heavy atom. The molecule has 57 heavy (non-hydrogen) atoms. The third kappa shape index (κ3) is 4.89. The summed E-state index contributed by atoms with van der Waals surface area (Å²) in [6.07, 6.45) is 0. The summed E-state index contributed by atoms with van der Waals surface area (Å²) in [4.78, 5) is 10.5. The van der Waals surface area contributed by atoms with Crippen LogP contribution in [0.5, 0.6) is 0 Å². The van der Waals surface area contributed by atoms with Crippen molar-refractivity contribution in [3.8, 4) is 45.1 Å². The number of hydrogen-bond donors (Lipinski definition) is 0. The lowest BCUT2D eigenvalue weighted by molar-refractivity contribution is 0.667. The van der Waals surface area contributed by atoms with Crippen molar-refractivity contribution < 1.29 is 4.42 Å². The quantitative estimate of drug-likeness (QED) is 0.177. The highest BCUT2D eigenvalue weighted by Gasteiger charge is 2.20. The number of para-hydroxylation sites is 4. The average Bonchev–Trinajstić information content (AvgIpc) is 3.94. The Morgan fingerprint density at radius 2 is 0.825 bits per heavy atom. The Morgan fingerprint density at radius 3 is 1.40 bits per heavy atom. The molecule has 0 amide bonds. The van der Waals surface area contributed by atoms with E-state index in [1.807, 2.05) is 18.2 Å². The van der Waals surface area contributed by atoms with Gasteiger partial charge in [-0.2, -0.15) is 0 Å². The summed E-state index contributed by atoms with van der Waals surface area (Å²) >= 11 is 0. The third-order valence-corrected chi connectivity index (χ3v) is 11.3. The predicted octanol–water partition coefficient (Wildman–Crippen LogP) is 13.6. The van der Waals surface area contributed by atoms with Crippen molar-refractivity contribution in [1.29, 1.82) is 0 Å². The number of nitrogens with zero attached hydrogens (tertiary/aromatic N) is 4. The van der Waals surface area contributed by atoms with Gasteiger partial charge in [0, 0.05) is 49.4 Å². The van der Waals surface area contributed by atoms with Gasteiger partial charge >= 0.3 is 0 Å². The maximum atomic E-state index is 6.64. The molecule has 8 aromatic carbocycles. The van der Waals surface area contributed by atoms with E-state index in [0.717, 1.165) is 66.8 Å². The van der Waals surface area contributed by atoms with Crippen molar-refractivity contribution in [2.45, 2.75) is 0 Å². The van der Waals surface area contributed by atoms with E-state index in [-0.39, 0.29) is 0 Å². The van der Waals surface area contributed by atoms with E-state index in [0.29, 0.717) is 11.4 Å². The van der Waals surface area contributed by atoms with Gasteiger partial charge in [0.15, 0.2) is 11.4 Å². The van der Waals surface area contributed by atoms with E-state index in [1.54, 1.807) is 0 Å². The van der Waals surface area contributed by atoms with Gasteiger partial charge in [0.25, 0.3) is 0 Å². The maximum Gasteiger partial charge on any atom is 0.180 e. The van der Waals surface area contributed by atoms with Crippen LogP contribution >= 0.6 is 0 Å². The maximum absolute atomic E-state index is 6.64. The highest BCUT2D eigenvalue weighted by Crippen LogP contribution is 2.39. The summed E-state index contributed by atoms with van der Waals surface area (Å²) in [5, 5.41) is 5.89. The van der Waals surface area contributed by atoms with Gasteiger partial charge in [-0.1, -0.05) is 133 Å². The van der Waals surface area contributed by atoms with Gasteiger partial charge in [0.2, 0.25) is 0 Å². The van der Waals surface area contributed by atoms with Gasteiger partial charge in [-0.3, -0.25) is 0 Å². The molecule has 0 fully saturated rings. The average molecular weight is 729 g/mol. The summed E-state index contributed by atoms with van der Waals surface area (Å²) in [6, 6.07) is 68.4. The third-order valence-electron chi connectivity index (χ3n) is 11.3. The van der Waals surface area contributed by atoms with Crippen LogP contribution < -0.4 is 0 Å². The smallest absolute Gasteiger partial charge is 0.180 e. The second-order valence-corrected chi connectivity index (χ2v) is 14.6. The lowest BCUT2D eigenvalue weighted by Crippen LogP contribution is -1.97. The first-order chi connectivity index (χ1) is 28.3. The monoisotopic (exact) mass is 728 g/mol. The molecule has 4 heterocycles. The SMILES string of the molecule is c1ccc(-c2nc(-c3cccc(-n4c5ccccc5c5ccccc54)c3)nc3c2oc2ccc(-c4cccc(-n5c6ccccc6c6ccccc65)c4)cc23)cc1. The molecule has 0 saturated heterocycles. The predicted molar refractivity (Wildman–Crippen MR) is 234 cm³/mol. The van der Waals surface area contributed by atoms with E-state index in [2.05, 4.69) is 185 Å². The van der Waals surface area contributed by atoms with Gasteiger partial charge in [-0.15, -0.1) is 0 Å². The van der Waals surface area contributed by atoms with Crippen LogP contribution in [0.1, 0.15) is 0 Å². The van der Waals surface area contributed by atoms with Gasteiger partial charge in [-0.05, 0) is 71.8 Å². The molecule has 0 aliphatic carbocycles. The summed E-state index contributed by atoms with van der Waals surface area (Å²) in [5.41, 5.74) is 14.0. The van der Waals surface area contributed by atoms with E-state index < -0.39 is 0 Å². The largest absolute Gasteiger partial charge is 0.452 e. The second kappa shape index (κ2) is 12.4. The molecule has 266 valence electrons. The first-order valence-corrected chi connectivity index (χ1v) is 19.2. The molecule has 0 aliphatic rings. The molecule has 5 heteroatoms. The van der Waals surface area contributed by atoms with Crippen molar-refractivity contribution in [2.75, 3.05) is 0 Å². The molecule has 4 aromatic heterocycles. The molecule has 0 spiro atoms. The number of hydrogen-bond acceptors (Lipinski definition) is 3. The Labute approximate surface area is 327 Å². The Balaban J connectivity index is 1.04. The van der Waals surface area contributed by atoms with Crippen LogP contribution in [0.2, 0.25) is 0 Å². The van der Waals surface area contributed by atoms with E-state index in [4.69, 9.17) is 14.4 Å². The molecule has 0 atom stereocenters. The van der Waals surface area contributed by atoms with Crippen LogP contribution in [0.25, 0.3) is 111 Å². The van der Waals surface area contributed by atoms with Gasteiger partial charge in [-0.25, -0.2) is 9.97 Å². The first kappa shape index (κ1) is 31.6. The van der Waals surface area contributed by atoms with Crippen LogP contribution in [0.15, 0.2) is 199 Å². The molecule has 5 nitrogen and oxygen atoms in total. The molecule has 0 bridgehead atoms. The highest BCUT2D eigenvalue weighted by molar-refractivity contribution is 6.11. The van der Waals surface area contributed by atoms with Crippen LogP contribution in [0, 0.1) is 0 Å². The molecule has 0 aliphatic heterocycles.